The smallest absolute Gasteiger partial charge is 0.184 e. The van der Waals surface area contributed by atoms with E-state index in [2.05, 4.69) is 85.8 Å². The molecule has 0 aliphatic carbocycles. The van der Waals surface area contributed by atoms with Crippen LogP contribution in [-0.2, 0) is 11.0 Å². The van der Waals surface area contributed by atoms with Gasteiger partial charge in [0.25, 0.3) is 0 Å². The van der Waals surface area contributed by atoms with Gasteiger partial charge in [-0.05, 0) is 55.4 Å². The first-order valence-corrected chi connectivity index (χ1v) is 16.3. The van der Waals surface area contributed by atoms with Gasteiger partial charge in [0.2, 0.25) is 0 Å². The van der Waals surface area contributed by atoms with Crippen molar-refractivity contribution in [2.24, 2.45) is 11.8 Å². The van der Waals surface area contributed by atoms with E-state index in [4.69, 9.17) is 16.0 Å². The Morgan fingerprint density at radius 2 is 2.00 bits per heavy atom. The highest BCUT2D eigenvalue weighted by molar-refractivity contribution is 6.69. The van der Waals surface area contributed by atoms with E-state index in [-0.39, 0.29) is 6.10 Å². The maximum Gasteiger partial charge on any atom is 0.184 e. The van der Waals surface area contributed by atoms with E-state index in [0.29, 0.717) is 17.9 Å². The van der Waals surface area contributed by atoms with Gasteiger partial charge in [0.05, 0.1) is 18.6 Å². The average Bonchev–Trinajstić information content (AvgIpc) is 2.81. The van der Waals surface area contributed by atoms with Crippen molar-refractivity contribution in [1.82, 2.24) is 4.98 Å². The van der Waals surface area contributed by atoms with Gasteiger partial charge in [0.15, 0.2) is 8.32 Å². The van der Waals surface area contributed by atoms with Gasteiger partial charge in [-0.1, -0.05) is 48.0 Å². The van der Waals surface area contributed by atoms with E-state index in [9.17, 15) is 0 Å². The molecule has 3 saturated heterocycles. The molecule has 0 radical (unpaired) electrons. The first-order chi connectivity index (χ1) is 16.3. The lowest BCUT2D eigenvalue weighted by Gasteiger charge is -2.59. The lowest BCUT2D eigenvalue weighted by molar-refractivity contribution is -0.984. The molecule has 3 nitrogen and oxygen atoms in total. The highest BCUT2D eigenvalue weighted by atomic mass is 35.5. The Hall–Kier alpha value is -1.98. The van der Waals surface area contributed by atoms with Crippen molar-refractivity contribution in [2.75, 3.05) is 13.1 Å². The topological polar surface area (TPSA) is 22.1 Å². The number of para-hydroxylation sites is 1. The second-order valence-corrected chi connectivity index (χ2v) is 16.1. The molecule has 0 amide bonds. The predicted octanol–water partition coefficient (Wildman–Crippen LogP) is 7.39. The molecule has 5 heteroatoms. The summed E-state index contributed by atoms with van der Waals surface area (Å²) in [6.07, 6.45) is 6.64. The number of nitrogens with zero attached hydrogens (tertiary/aromatic N) is 2. The Kier molecular flexibility index (Phi) is 6.45. The van der Waals surface area contributed by atoms with E-state index in [1.165, 1.54) is 35.9 Å². The molecule has 2 aromatic carbocycles. The molecule has 3 aliphatic heterocycles. The van der Waals surface area contributed by atoms with Crippen LogP contribution < -0.4 is 0 Å². The number of pyridine rings is 1. The van der Waals surface area contributed by atoms with Crippen LogP contribution in [0.5, 0.6) is 0 Å². The molecule has 178 valence electrons. The van der Waals surface area contributed by atoms with Crippen molar-refractivity contribution in [3.05, 3.63) is 89.6 Å². The molecular formula is C29H36ClN2OSi+. The normalized spacial score (nSPS) is 27.6. The zero-order chi connectivity index (χ0) is 23.9. The number of fused-ring (bicyclic) bond motifs is 4. The number of piperidine rings is 3. The fraction of sp³-hybridized carbons (Fsp3) is 0.414. The van der Waals surface area contributed by atoms with E-state index < -0.39 is 8.32 Å². The second-order valence-electron chi connectivity index (χ2n) is 11.2. The number of hydrogen-bond donors (Lipinski definition) is 0. The Balaban J connectivity index is 1.63. The Labute approximate surface area is 210 Å². The third kappa shape index (κ3) is 4.61. The number of benzene rings is 2. The van der Waals surface area contributed by atoms with Crippen molar-refractivity contribution in [3.63, 3.8) is 0 Å². The van der Waals surface area contributed by atoms with Crippen molar-refractivity contribution >= 4 is 30.8 Å². The van der Waals surface area contributed by atoms with Gasteiger partial charge >= 0.3 is 0 Å². The Morgan fingerprint density at radius 1 is 1.18 bits per heavy atom. The molecule has 0 saturated carbocycles. The molecule has 6 rings (SSSR count). The molecule has 1 aromatic heterocycles. The van der Waals surface area contributed by atoms with Crippen LogP contribution in [0.3, 0.4) is 0 Å². The van der Waals surface area contributed by atoms with Gasteiger partial charge in [-0.25, -0.2) is 0 Å². The number of rotatable bonds is 7. The number of halogens is 1. The van der Waals surface area contributed by atoms with Crippen LogP contribution in [-0.4, -0.2) is 36.9 Å². The summed E-state index contributed by atoms with van der Waals surface area (Å²) in [5.41, 5.74) is 3.65. The van der Waals surface area contributed by atoms with Crippen LogP contribution >= 0.6 is 11.6 Å². The maximum absolute atomic E-state index is 7.12. The van der Waals surface area contributed by atoms with E-state index in [1.807, 2.05) is 12.3 Å². The predicted molar refractivity (Wildman–Crippen MR) is 144 cm³/mol. The van der Waals surface area contributed by atoms with Gasteiger partial charge in [0, 0.05) is 40.9 Å². The molecule has 3 aliphatic rings. The summed E-state index contributed by atoms with van der Waals surface area (Å²) in [5, 5.41) is 2.03. The summed E-state index contributed by atoms with van der Waals surface area (Å²) < 4.78 is 8.16. The van der Waals surface area contributed by atoms with Crippen LogP contribution in [0.25, 0.3) is 10.9 Å². The van der Waals surface area contributed by atoms with Gasteiger partial charge in [-0.15, -0.1) is 6.58 Å². The van der Waals surface area contributed by atoms with Crippen molar-refractivity contribution in [2.45, 2.75) is 51.2 Å². The zero-order valence-corrected chi connectivity index (χ0v) is 22.3. The van der Waals surface area contributed by atoms with Crippen molar-refractivity contribution < 1.29 is 8.91 Å². The molecule has 34 heavy (non-hydrogen) atoms. The molecule has 3 fully saturated rings. The zero-order valence-electron chi connectivity index (χ0n) is 20.6. The van der Waals surface area contributed by atoms with Crippen molar-refractivity contribution in [3.8, 4) is 0 Å². The van der Waals surface area contributed by atoms with E-state index in [0.717, 1.165) is 28.1 Å². The van der Waals surface area contributed by atoms with Gasteiger partial charge in [0.1, 0.15) is 18.7 Å². The molecular weight excluding hydrogens is 456 g/mol. The van der Waals surface area contributed by atoms with E-state index in [1.54, 1.807) is 0 Å². The fourth-order valence-corrected chi connectivity index (χ4v) is 7.72. The standard InChI is InChI=1S/C29H36ClN2OSi/c1-5-22-20-32(19-21-9-8-10-24(30)17-21)16-14-23(22)18-28(32)29(33-34(2,3)4)26-13-15-31-27-12-7-6-11-25(26)27/h5-13,15,17,22-23,28-29H,1,14,16,18-20H2,2-4H3/q+1/t22-,23-,28+,29-,32?/m0/s1. The number of aromatic nitrogens is 1. The maximum atomic E-state index is 7.12. The lowest BCUT2D eigenvalue weighted by atomic mass is 9.71. The molecule has 5 atom stereocenters. The fourth-order valence-electron chi connectivity index (χ4n) is 6.46. The summed E-state index contributed by atoms with van der Waals surface area (Å²) in [5.74, 6) is 1.24. The summed E-state index contributed by atoms with van der Waals surface area (Å²) in [7, 11) is -1.83. The lowest BCUT2D eigenvalue weighted by Crippen LogP contribution is -2.68. The second kappa shape index (κ2) is 9.23. The van der Waals surface area contributed by atoms with Crippen LogP contribution in [0.1, 0.15) is 30.1 Å². The van der Waals surface area contributed by atoms with Gasteiger partial charge in [-0.2, -0.15) is 0 Å². The largest absolute Gasteiger partial charge is 0.405 e. The van der Waals surface area contributed by atoms with Gasteiger partial charge in [-0.3, -0.25) is 4.98 Å². The highest BCUT2D eigenvalue weighted by Crippen LogP contribution is 2.49. The third-order valence-electron chi connectivity index (χ3n) is 7.88. The van der Waals surface area contributed by atoms with Crippen LogP contribution in [0.2, 0.25) is 24.7 Å². The van der Waals surface area contributed by atoms with E-state index >= 15 is 0 Å². The van der Waals surface area contributed by atoms with Gasteiger partial charge < -0.3 is 8.91 Å². The third-order valence-corrected chi connectivity index (χ3v) is 9.08. The average molecular weight is 492 g/mol. The Morgan fingerprint density at radius 3 is 2.76 bits per heavy atom. The van der Waals surface area contributed by atoms with Crippen LogP contribution in [0.4, 0.5) is 0 Å². The minimum atomic E-state index is -1.83. The summed E-state index contributed by atoms with van der Waals surface area (Å²) in [4.78, 5) is 4.66. The van der Waals surface area contributed by atoms with Crippen LogP contribution in [0.15, 0.2) is 73.4 Å². The summed E-state index contributed by atoms with van der Waals surface area (Å²) in [6.45, 7) is 14.4. The SMILES string of the molecule is C=C[C@H]1C[N+]2(Cc3cccc(Cl)c3)CC[C@H]1C[C@@H]2[C@@H](O[Si](C)(C)C)c1ccnc2ccccc12. The molecule has 0 N–H and O–H groups in total. The Bertz CT molecular complexity index is 1190. The molecule has 2 bridgehead atoms. The molecule has 1 unspecified atom stereocenters. The minimum absolute atomic E-state index is 0.0484. The summed E-state index contributed by atoms with van der Waals surface area (Å²) >= 11 is 6.42. The monoisotopic (exact) mass is 491 g/mol. The highest BCUT2D eigenvalue weighted by Gasteiger charge is 2.55. The minimum Gasteiger partial charge on any atom is -0.405 e. The summed E-state index contributed by atoms with van der Waals surface area (Å²) in [6, 6.07) is 19.5. The number of hydrogen-bond acceptors (Lipinski definition) is 2. The van der Waals surface area contributed by atoms with Crippen molar-refractivity contribution in [1.29, 1.82) is 0 Å². The first-order valence-electron chi connectivity index (χ1n) is 12.5. The first kappa shape index (κ1) is 23.7. The molecule has 0 spiro atoms. The molecule has 3 aromatic rings. The molecule has 4 heterocycles. The quantitative estimate of drug-likeness (QED) is 0.195. The number of quaternary nitrogens is 1. The van der Waals surface area contributed by atoms with Crippen LogP contribution in [0, 0.1) is 11.8 Å².